The Morgan fingerprint density at radius 3 is 2.69 bits per heavy atom. The molecule has 0 N–H and O–H groups in total. The molecule has 0 saturated carbocycles. The first-order valence-electron chi connectivity index (χ1n) is 5.30. The van der Waals surface area contributed by atoms with Gasteiger partial charge in [-0.15, -0.1) is 0 Å². The summed E-state index contributed by atoms with van der Waals surface area (Å²) in [6.45, 7) is 1.86. The van der Waals surface area contributed by atoms with Crippen molar-refractivity contribution in [3.63, 3.8) is 0 Å². The molecule has 1 heterocycles. The van der Waals surface area contributed by atoms with Crippen LogP contribution in [0.15, 0.2) is 12.3 Å². The molecule has 0 atom stereocenters. The second-order valence-corrected chi connectivity index (χ2v) is 3.39. The quantitative estimate of drug-likeness (QED) is 0.740. The number of ether oxygens (including phenoxy) is 2. The standard InChI is InChI=1S/C12H17NO3/c1-4-9(14)5-6-10-12(16-3)11(15-2)7-8-13-10/h7-8H,4-6H2,1-3H3. The van der Waals surface area contributed by atoms with Gasteiger partial charge >= 0.3 is 0 Å². The van der Waals surface area contributed by atoms with Gasteiger partial charge in [-0.25, -0.2) is 0 Å². The highest BCUT2D eigenvalue weighted by Crippen LogP contribution is 2.29. The lowest BCUT2D eigenvalue weighted by atomic mass is 10.1. The lowest BCUT2D eigenvalue weighted by molar-refractivity contribution is -0.118. The fourth-order valence-corrected chi connectivity index (χ4v) is 1.46. The smallest absolute Gasteiger partial charge is 0.182 e. The summed E-state index contributed by atoms with van der Waals surface area (Å²) in [5.74, 6) is 1.50. The van der Waals surface area contributed by atoms with Crippen LogP contribution in [-0.2, 0) is 11.2 Å². The highest BCUT2D eigenvalue weighted by Gasteiger charge is 2.11. The van der Waals surface area contributed by atoms with Crippen molar-refractivity contribution in [2.75, 3.05) is 14.2 Å². The van der Waals surface area contributed by atoms with E-state index < -0.39 is 0 Å². The van der Waals surface area contributed by atoms with Crippen molar-refractivity contribution in [2.45, 2.75) is 26.2 Å². The van der Waals surface area contributed by atoms with Crippen LogP contribution >= 0.6 is 0 Å². The van der Waals surface area contributed by atoms with E-state index in [0.717, 1.165) is 5.69 Å². The Morgan fingerprint density at radius 1 is 1.38 bits per heavy atom. The minimum atomic E-state index is 0.228. The number of pyridine rings is 1. The Bertz CT molecular complexity index is 363. The summed E-state index contributed by atoms with van der Waals surface area (Å²) in [5, 5.41) is 0. The molecule has 0 saturated heterocycles. The molecule has 1 aromatic heterocycles. The molecule has 0 spiro atoms. The number of ketones is 1. The zero-order valence-corrected chi connectivity index (χ0v) is 9.95. The van der Waals surface area contributed by atoms with Gasteiger partial charge in [-0.3, -0.25) is 9.78 Å². The average Bonchev–Trinajstić information content (AvgIpc) is 2.34. The van der Waals surface area contributed by atoms with Crippen molar-refractivity contribution in [3.05, 3.63) is 18.0 Å². The molecule has 0 fully saturated rings. The number of rotatable bonds is 6. The second kappa shape index (κ2) is 6.10. The number of nitrogens with zero attached hydrogens (tertiary/aromatic N) is 1. The molecule has 1 rings (SSSR count). The van der Waals surface area contributed by atoms with Gasteiger partial charge in [-0.05, 0) is 0 Å². The van der Waals surface area contributed by atoms with E-state index in [1.165, 1.54) is 0 Å². The van der Waals surface area contributed by atoms with Gasteiger partial charge in [0.1, 0.15) is 5.78 Å². The van der Waals surface area contributed by atoms with E-state index in [2.05, 4.69) is 4.98 Å². The number of aromatic nitrogens is 1. The van der Waals surface area contributed by atoms with Crippen LogP contribution in [0.5, 0.6) is 11.5 Å². The molecule has 0 bridgehead atoms. The third kappa shape index (κ3) is 2.95. The topological polar surface area (TPSA) is 48.4 Å². The van der Waals surface area contributed by atoms with Crippen molar-refractivity contribution in [1.29, 1.82) is 0 Å². The summed E-state index contributed by atoms with van der Waals surface area (Å²) in [5.41, 5.74) is 0.767. The lowest BCUT2D eigenvalue weighted by Crippen LogP contribution is -2.03. The van der Waals surface area contributed by atoms with Crippen LogP contribution in [0.1, 0.15) is 25.5 Å². The molecular weight excluding hydrogens is 206 g/mol. The Kier molecular flexibility index (Phi) is 4.76. The van der Waals surface area contributed by atoms with Gasteiger partial charge in [-0.2, -0.15) is 0 Å². The normalized spacial score (nSPS) is 9.94. The fourth-order valence-electron chi connectivity index (χ4n) is 1.46. The van der Waals surface area contributed by atoms with Crippen LogP contribution < -0.4 is 9.47 Å². The predicted molar refractivity (Wildman–Crippen MR) is 61.0 cm³/mol. The molecule has 1 aromatic rings. The van der Waals surface area contributed by atoms with E-state index in [9.17, 15) is 4.79 Å². The molecular formula is C12H17NO3. The Labute approximate surface area is 95.6 Å². The van der Waals surface area contributed by atoms with Gasteiger partial charge in [0.2, 0.25) is 0 Å². The summed E-state index contributed by atoms with van der Waals surface area (Å²) < 4.78 is 10.4. The molecule has 0 aliphatic rings. The SMILES string of the molecule is CCC(=O)CCc1nccc(OC)c1OC. The number of carbonyl (C=O) groups is 1. The number of Topliss-reactive ketones (excluding diaryl/α,β-unsaturated/α-hetero) is 1. The highest BCUT2D eigenvalue weighted by atomic mass is 16.5. The Hall–Kier alpha value is -1.58. The van der Waals surface area contributed by atoms with E-state index in [4.69, 9.17) is 9.47 Å². The van der Waals surface area contributed by atoms with Gasteiger partial charge < -0.3 is 9.47 Å². The first kappa shape index (κ1) is 12.5. The van der Waals surface area contributed by atoms with Crippen molar-refractivity contribution >= 4 is 5.78 Å². The molecule has 0 aliphatic heterocycles. The van der Waals surface area contributed by atoms with Crippen molar-refractivity contribution < 1.29 is 14.3 Å². The molecule has 0 radical (unpaired) electrons. The third-order valence-corrected chi connectivity index (χ3v) is 2.40. The zero-order valence-electron chi connectivity index (χ0n) is 9.95. The first-order chi connectivity index (χ1) is 7.72. The minimum Gasteiger partial charge on any atom is -0.493 e. The van der Waals surface area contributed by atoms with Crippen LogP contribution in [0.25, 0.3) is 0 Å². The van der Waals surface area contributed by atoms with Gasteiger partial charge in [0.15, 0.2) is 11.5 Å². The molecule has 0 amide bonds. The largest absolute Gasteiger partial charge is 0.493 e. The molecule has 0 aromatic carbocycles. The summed E-state index contributed by atoms with van der Waals surface area (Å²) in [7, 11) is 3.16. The van der Waals surface area contributed by atoms with E-state index in [1.807, 2.05) is 6.92 Å². The number of carbonyl (C=O) groups excluding carboxylic acids is 1. The van der Waals surface area contributed by atoms with Crippen molar-refractivity contribution in [1.82, 2.24) is 4.98 Å². The van der Waals surface area contributed by atoms with Crippen molar-refractivity contribution in [3.8, 4) is 11.5 Å². The maximum absolute atomic E-state index is 11.2. The van der Waals surface area contributed by atoms with Crippen LogP contribution in [0.2, 0.25) is 0 Å². The van der Waals surface area contributed by atoms with Gasteiger partial charge in [-0.1, -0.05) is 6.92 Å². The van der Waals surface area contributed by atoms with Crippen molar-refractivity contribution in [2.24, 2.45) is 0 Å². The number of hydrogen-bond donors (Lipinski definition) is 0. The Morgan fingerprint density at radius 2 is 2.12 bits per heavy atom. The van der Waals surface area contributed by atoms with Crippen LogP contribution in [-0.4, -0.2) is 25.0 Å². The fraction of sp³-hybridized carbons (Fsp3) is 0.500. The minimum absolute atomic E-state index is 0.228. The van der Waals surface area contributed by atoms with Gasteiger partial charge in [0, 0.05) is 31.5 Å². The van der Waals surface area contributed by atoms with E-state index in [1.54, 1.807) is 26.5 Å². The molecule has 16 heavy (non-hydrogen) atoms. The van der Waals surface area contributed by atoms with Crippen LogP contribution in [0.3, 0.4) is 0 Å². The summed E-state index contributed by atoms with van der Waals surface area (Å²) in [6.07, 6.45) is 3.31. The Balaban J connectivity index is 2.82. The first-order valence-corrected chi connectivity index (χ1v) is 5.30. The summed E-state index contributed by atoms with van der Waals surface area (Å²) in [4.78, 5) is 15.4. The van der Waals surface area contributed by atoms with Gasteiger partial charge in [0.25, 0.3) is 0 Å². The molecule has 0 aliphatic carbocycles. The molecule has 4 heteroatoms. The van der Waals surface area contributed by atoms with E-state index in [-0.39, 0.29) is 5.78 Å². The summed E-state index contributed by atoms with van der Waals surface area (Å²) >= 11 is 0. The number of hydrogen-bond acceptors (Lipinski definition) is 4. The second-order valence-electron chi connectivity index (χ2n) is 3.39. The zero-order chi connectivity index (χ0) is 12.0. The molecule has 88 valence electrons. The number of aryl methyl sites for hydroxylation is 1. The number of methoxy groups -OCH3 is 2. The maximum Gasteiger partial charge on any atom is 0.182 e. The predicted octanol–water partition coefficient (Wildman–Crippen LogP) is 2.01. The lowest BCUT2D eigenvalue weighted by Gasteiger charge is -2.10. The van der Waals surface area contributed by atoms with Crippen LogP contribution in [0, 0.1) is 0 Å². The summed E-state index contributed by atoms with van der Waals surface area (Å²) in [6, 6.07) is 1.74. The average molecular weight is 223 g/mol. The third-order valence-electron chi connectivity index (χ3n) is 2.40. The van der Waals surface area contributed by atoms with Gasteiger partial charge in [0.05, 0.1) is 19.9 Å². The van der Waals surface area contributed by atoms with E-state index >= 15 is 0 Å². The van der Waals surface area contributed by atoms with E-state index in [0.29, 0.717) is 30.8 Å². The monoisotopic (exact) mass is 223 g/mol. The highest BCUT2D eigenvalue weighted by molar-refractivity contribution is 5.78. The molecule has 4 nitrogen and oxygen atoms in total. The molecule has 0 unspecified atom stereocenters. The van der Waals surface area contributed by atoms with Crippen LogP contribution in [0.4, 0.5) is 0 Å². The maximum atomic E-state index is 11.2.